The third-order valence-electron chi connectivity index (χ3n) is 1.91. The van der Waals surface area contributed by atoms with Gasteiger partial charge in [-0.3, -0.25) is 0 Å². The fraction of sp³-hybridized carbons (Fsp3) is 0.333. The van der Waals surface area contributed by atoms with Crippen molar-refractivity contribution < 1.29 is 14.6 Å². The molecule has 0 bridgehead atoms. The lowest BCUT2D eigenvalue weighted by Gasteiger charge is -2.17. The first-order valence-electron chi connectivity index (χ1n) is 4.08. The van der Waals surface area contributed by atoms with Crippen LogP contribution in [0.2, 0.25) is 0 Å². The summed E-state index contributed by atoms with van der Waals surface area (Å²) in [7, 11) is 0. The monoisotopic (exact) mass is 263 g/mol. The zero-order valence-corrected chi connectivity index (χ0v) is 8.91. The maximum Gasteiger partial charge on any atom is 0.143 e. The molecule has 78 valence electrons. The molecule has 0 saturated heterocycles. The van der Waals surface area contributed by atoms with Crippen molar-refractivity contribution in [1.82, 2.24) is 0 Å². The molecule has 0 aliphatic carbocycles. The third-order valence-corrected chi connectivity index (χ3v) is 2.52. The van der Waals surface area contributed by atoms with Crippen molar-refractivity contribution in [3.05, 3.63) is 34.1 Å². The van der Waals surface area contributed by atoms with Crippen LogP contribution in [0.4, 0.5) is 4.39 Å². The SMILES string of the molecule is NCC(O)C(O)c1cccc(Br)c1F. The quantitative estimate of drug-likeness (QED) is 0.761. The van der Waals surface area contributed by atoms with Gasteiger partial charge in [-0.15, -0.1) is 0 Å². The molecule has 2 atom stereocenters. The molecule has 0 aromatic heterocycles. The van der Waals surface area contributed by atoms with Crippen LogP contribution in [-0.2, 0) is 0 Å². The molecular formula is C9H11BrFNO2. The summed E-state index contributed by atoms with van der Waals surface area (Å²) in [6, 6.07) is 4.50. The van der Waals surface area contributed by atoms with Gasteiger partial charge >= 0.3 is 0 Å². The number of aliphatic hydroxyl groups is 2. The van der Waals surface area contributed by atoms with E-state index in [9.17, 15) is 14.6 Å². The third kappa shape index (κ3) is 2.30. The highest BCUT2D eigenvalue weighted by molar-refractivity contribution is 9.10. The van der Waals surface area contributed by atoms with Crippen LogP contribution in [0.15, 0.2) is 22.7 Å². The Morgan fingerprint density at radius 1 is 1.43 bits per heavy atom. The van der Waals surface area contributed by atoms with Crippen molar-refractivity contribution in [1.29, 1.82) is 0 Å². The molecule has 5 heteroatoms. The minimum absolute atomic E-state index is 0.0392. The normalized spacial score (nSPS) is 15.2. The van der Waals surface area contributed by atoms with E-state index in [0.29, 0.717) is 0 Å². The van der Waals surface area contributed by atoms with E-state index in [2.05, 4.69) is 15.9 Å². The fourth-order valence-corrected chi connectivity index (χ4v) is 1.47. The van der Waals surface area contributed by atoms with Crippen LogP contribution in [0.3, 0.4) is 0 Å². The van der Waals surface area contributed by atoms with E-state index in [-0.39, 0.29) is 16.6 Å². The molecule has 0 spiro atoms. The van der Waals surface area contributed by atoms with Crippen LogP contribution in [-0.4, -0.2) is 22.9 Å². The highest BCUT2D eigenvalue weighted by Gasteiger charge is 2.21. The molecule has 3 nitrogen and oxygen atoms in total. The largest absolute Gasteiger partial charge is 0.389 e. The van der Waals surface area contributed by atoms with Crippen LogP contribution >= 0.6 is 15.9 Å². The molecule has 1 rings (SSSR count). The van der Waals surface area contributed by atoms with Gasteiger partial charge in [0.15, 0.2) is 0 Å². The number of benzene rings is 1. The lowest BCUT2D eigenvalue weighted by Crippen LogP contribution is -2.27. The standard InChI is InChI=1S/C9H11BrFNO2/c10-6-3-1-2-5(8(6)11)9(14)7(13)4-12/h1-3,7,9,13-14H,4,12H2. The van der Waals surface area contributed by atoms with Crippen LogP contribution in [0.25, 0.3) is 0 Å². The topological polar surface area (TPSA) is 66.5 Å². The highest BCUT2D eigenvalue weighted by atomic mass is 79.9. The molecule has 0 fully saturated rings. The summed E-state index contributed by atoms with van der Waals surface area (Å²) in [4.78, 5) is 0. The van der Waals surface area contributed by atoms with E-state index >= 15 is 0 Å². The average Bonchev–Trinajstić information content (AvgIpc) is 2.20. The fourth-order valence-electron chi connectivity index (χ4n) is 1.09. The molecule has 14 heavy (non-hydrogen) atoms. The van der Waals surface area contributed by atoms with Crippen molar-refractivity contribution in [2.24, 2.45) is 5.73 Å². The molecule has 0 radical (unpaired) electrons. The van der Waals surface area contributed by atoms with E-state index in [1.54, 1.807) is 6.07 Å². The number of rotatable bonds is 3. The second-order valence-electron chi connectivity index (χ2n) is 2.89. The van der Waals surface area contributed by atoms with Crippen LogP contribution < -0.4 is 5.73 Å². The number of nitrogens with two attached hydrogens (primary N) is 1. The zero-order chi connectivity index (χ0) is 10.7. The predicted octanol–water partition coefficient (Wildman–Crippen LogP) is 0.941. The number of hydrogen-bond donors (Lipinski definition) is 3. The summed E-state index contributed by atoms with van der Waals surface area (Å²) in [6.07, 6.45) is -2.45. The summed E-state index contributed by atoms with van der Waals surface area (Å²) < 4.78 is 13.6. The smallest absolute Gasteiger partial charge is 0.143 e. The molecule has 1 aromatic carbocycles. The van der Waals surface area contributed by atoms with Crippen LogP contribution in [0.5, 0.6) is 0 Å². The molecule has 0 aliphatic rings. The zero-order valence-electron chi connectivity index (χ0n) is 7.32. The Morgan fingerprint density at radius 2 is 2.07 bits per heavy atom. The first kappa shape index (κ1) is 11.6. The van der Waals surface area contributed by atoms with E-state index in [1.807, 2.05) is 0 Å². The predicted molar refractivity (Wildman–Crippen MR) is 54.1 cm³/mol. The lowest BCUT2D eigenvalue weighted by molar-refractivity contribution is 0.0221. The number of halogens is 2. The Bertz CT molecular complexity index is 322. The first-order valence-corrected chi connectivity index (χ1v) is 4.87. The summed E-state index contributed by atoms with van der Waals surface area (Å²) >= 11 is 2.99. The summed E-state index contributed by atoms with van der Waals surface area (Å²) in [5, 5.41) is 18.7. The molecule has 0 heterocycles. The molecule has 2 unspecified atom stereocenters. The average molecular weight is 264 g/mol. The maximum atomic E-state index is 13.4. The van der Waals surface area contributed by atoms with Crippen LogP contribution in [0.1, 0.15) is 11.7 Å². The van der Waals surface area contributed by atoms with Crippen molar-refractivity contribution in [2.75, 3.05) is 6.54 Å². The minimum Gasteiger partial charge on any atom is -0.389 e. The summed E-state index contributed by atoms with van der Waals surface area (Å²) in [5.74, 6) is -0.576. The van der Waals surface area contributed by atoms with Gasteiger partial charge in [-0.25, -0.2) is 4.39 Å². The molecule has 1 aromatic rings. The summed E-state index contributed by atoms with van der Waals surface area (Å²) in [6.45, 7) is -0.118. The molecule has 0 saturated carbocycles. The molecule has 4 N–H and O–H groups in total. The second-order valence-corrected chi connectivity index (χ2v) is 3.75. The van der Waals surface area contributed by atoms with Crippen LogP contribution in [0, 0.1) is 5.82 Å². The second kappa shape index (κ2) is 4.84. The van der Waals surface area contributed by atoms with Gasteiger partial charge in [0.1, 0.15) is 11.9 Å². The highest BCUT2D eigenvalue weighted by Crippen LogP contribution is 2.25. The van der Waals surface area contributed by atoms with Crippen molar-refractivity contribution in [3.63, 3.8) is 0 Å². The van der Waals surface area contributed by atoms with Gasteiger partial charge in [-0.05, 0) is 22.0 Å². The Balaban J connectivity index is 3.01. The van der Waals surface area contributed by atoms with Gasteiger partial charge in [0.2, 0.25) is 0 Å². The van der Waals surface area contributed by atoms with Gasteiger partial charge in [0.05, 0.1) is 10.6 Å². The van der Waals surface area contributed by atoms with Gasteiger partial charge in [-0.1, -0.05) is 12.1 Å². The summed E-state index contributed by atoms with van der Waals surface area (Å²) in [5.41, 5.74) is 5.19. The van der Waals surface area contributed by atoms with E-state index in [0.717, 1.165) is 0 Å². The van der Waals surface area contributed by atoms with E-state index in [1.165, 1.54) is 12.1 Å². The maximum absolute atomic E-state index is 13.4. The first-order chi connectivity index (χ1) is 6.57. The number of hydrogen-bond acceptors (Lipinski definition) is 3. The van der Waals surface area contributed by atoms with Crippen molar-refractivity contribution in [3.8, 4) is 0 Å². The Morgan fingerprint density at radius 3 is 2.64 bits per heavy atom. The Hall–Kier alpha value is -0.490. The van der Waals surface area contributed by atoms with Gasteiger partial charge in [0.25, 0.3) is 0 Å². The van der Waals surface area contributed by atoms with Crippen molar-refractivity contribution >= 4 is 15.9 Å². The lowest BCUT2D eigenvalue weighted by atomic mass is 10.0. The van der Waals surface area contributed by atoms with Gasteiger partial charge in [-0.2, -0.15) is 0 Å². The Labute approximate surface area is 89.5 Å². The molecule has 0 aliphatic heterocycles. The van der Waals surface area contributed by atoms with Crippen molar-refractivity contribution in [2.45, 2.75) is 12.2 Å². The number of aliphatic hydroxyl groups excluding tert-OH is 2. The van der Waals surface area contributed by atoms with Gasteiger partial charge in [0, 0.05) is 12.1 Å². The van der Waals surface area contributed by atoms with Gasteiger partial charge < -0.3 is 15.9 Å². The van der Waals surface area contributed by atoms with E-state index < -0.39 is 18.0 Å². The van der Waals surface area contributed by atoms with E-state index in [4.69, 9.17) is 5.73 Å². The molecule has 0 amide bonds. The minimum atomic E-state index is -1.29. The molecular weight excluding hydrogens is 253 g/mol. The Kier molecular flexibility index (Phi) is 4.00.